The minimum atomic E-state index is -0.340. The number of benzene rings is 2. The van der Waals surface area contributed by atoms with Crippen molar-refractivity contribution in [2.24, 2.45) is 0 Å². The number of aromatic nitrogens is 2. The van der Waals surface area contributed by atoms with Crippen molar-refractivity contribution in [3.63, 3.8) is 0 Å². The van der Waals surface area contributed by atoms with Gasteiger partial charge in [0.25, 0.3) is 5.22 Å². The molecule has 1 heterocycles. The van der Waals surface area contributed by atoms with E-state index < -0.39 is 0 Å². The molecule has 0 spiro atoms. The number of rotatable bonds is 7. The molecule has 0 saturated heterocycles. The van der Waals surface area contributed by atoms with Gasteiger partial charge >= 0.3 is 0 Å². The number of carbonyl (C=O) groups is 1. The van der Waals surface area contributed by atoms with Gasteiger partial charge in [-0.25, -0.2) is 8.78 Å². The zero-order valence-corrected chi connectivity index (χ0v) is 17.8. The molecular weight excluding hydrogens is 420 g/mol. The predicted molar refractivity (Wildman–Crippen MR) is 114 cm³/mol. The molecule has 1 aromatic heterocycles. The first-order valence-corrected chi connectivity index (χ1v) is 11.3. The van der Waals surface area contributed by atoms with E-state index in [2.05, 4.69) is 10.2 Å². The van der Waals surface area contributed by atoms with Crippen LogP contribution in [-0.2, 0) is 11.3 Å². The molecule has 4 rings (SSSR count). The molecule has 2 aromatic carbocycles. The Bertz CT molecular complexity index is 1000. The van der Waals surface area contributed by atoms with Crippen molar-refractivity contribution in [1.29, 1.82) is 0 Å². The maximum atomic E-state index is 13.3. The molecule has 0 bridgehead atoms. The lowest BCUT2D eigenvalue weighted by atomic mass is 9.94. The molecule has 0 radical (unpaired) electrons. The lowest BCUT2D eigenvalue weighted by Crippen LogP contribution is -2.41. The highest BCUT2D eigenvalue weighted by molar-refractivity contribution is 7.99. The predicted octanol–water partition coefficient (Wildman–Crippen LogP) is 5.47. The van der Waals surface area contributed by atoms with E-state index >= 15 is 0 Å². The normalized spacial score (nSPS) is 14.5. The van der Waals surface area contributed by atoms with Gasteiger partial charge in [-0.05, 0) is 54.8 Å². The van der Waals surface area contributed by atoms with Crippen LogP contribution >= 0.6 is 11.8 Å². The van der Waals surface area contributed by atoms with E-state index in [4.69, 9.17) is 4.42 Å². The Hall–Kier alpha value is -2.74. The number of nitrogens with zero attached hydrogens (tertiary/aromatic N) is 3. The number of amides is 1. The molecular formula is C23H23F2N3O2S. The summed E-state index contributed by atoms with van der Waals surface area (Å²) in [6.45, 7) is 0.453. The molecule has 0 atom stereocenters. The van der Waals surface area contributed by atoms with E-state index in [-0.39, 0.29) is 40.4 Å². The topological polar surface area (TPSA) is 59.2 Å². The van der Waals surface area contributed by atoms with Crippen molar-refractivity contribution in [2.45, 2.75) is 49.9 Å². The second-order valence-electron chi connectivity index (χ2n) is 7.61. The van der Waals surface area contributed by atoms with Crippen LogP contribution in [0.2, 0.25) is 0 Å². The summed E-state index contributed by atoms with van der Waals surface area (Å²) < 4.78 is 32.0. The van der Waals surface area contributed by atoms with Gasteiger partial charge in [-0.2, -0.15) is 0 Å². The first-order chi connectivity index (χ1) is 15.1. The number of hydrogen-bond donors (Lipinski definition) is 0. The summed E-state index contributed by atoms with van der Waals surface area (Å²) in [5.74, 6) is -0.188. The number of halogens is 2. The first-order valence-electron chi connectivity index (χ1n) is 10.3. The minimum Gasteiger partial charge on any atom is -0.411 e. The molecule has 1 amide bonds. The molecule has 0 aliphatic heterocycles. The molecule has 3 aromatic rings. The van der Waals surface area contributed by atoms with Crippen LogP contribution in [0.25, 0.3) is 11.5 Å². The van der Waals surface area contributed by atoms with Gasteiger partial charge < -0.3 is 9.32 Å². The molecule has 31 heavy (non-hydrogen) atoms. The van der Waals surface area contributed by atoms with Gasteiger partial charge in [0, 0.05) is 18.2 Å². The Kier molecular flexibility index (Phi) is 6.96. The average molecular weight is 444 g/mol. The monoisotopic (exact) mass is 443 g/mol. The Morgan fingerprint density at radius 2 is 1.61 bits per heavy atom. The molecule has 162 valence electrons. The summed E-state index contributed by atoms with van der Waals surface area (Å²) >= 11 is 1.19. The van der Waals surface area contributed by atoms with Crippen molar-refractivity contribution in [3.8, 4) is 11.5 Å². The molecule has 1 saturated carbocycles. The maximum absolute atomic E-state index is 13.3. The summed E-state index contributed by atoms with van der Waals surface area (Å²) in [6, 6.07) is 12.2. The van der Waals surface area contributed by atoms with Gasteiger partial charge in [0.1, 0.15) is 11.6 Å². The second-order valence-corrected chi connectivity index (χ2v) is 8.54. The van der Waals surface area contributed by atoms with Crippen LogP contribution in [0.15, 0.2) is 58.2 Å². The first kappa shape index (κ1) is 21.5. The van der Waals surface area contributed by atoms with Gasteiger partial charge in [-0.15, -0.1) is 10.2 Å². The number of hydrogen-bond acceptors (Lipinski definition) is 5. The molecule has 1 aliphatic rings. The Morgan fingerprint density at radius 1 is 0.968 bits per heavy atom. The van der Waals surface area contributed by atoms with Crippen LogP contribution in [0, 0.1) is 11.6 Å². The highest BCUT2D eigenvalue weighted by Crippen LogP contribution is 2.27. The summed E-state index contributed by atoms with van der Waals surface area (Å²) in [4.78, 5) is 15.0. The number of carbonyl (C=O) groups excluding carboxylic acids is 1. The average Bonchev–Trinajstić information content (AvgIpc) is 3.27. The lowest BCUT2D eigenvalue weighted by molar-refractivity contribution is -0.132. The Morgan fingerprint density at radius 3 is 2.29 bits per heavy atom. The van der Waals surface area contributed by atoms with Crippen molar-refractivity contribution >= 4 is 17.7 Å². The van der Waals surface area contributed by atoms with Crippen LogP contribution in [0.1, 0.15) is 37.7 Å². The van der Waals surface area contributed by atoms with E-state index in [0.717, 1.165) is 31.2 Å². The standard InChI is InChI=1S/C23H23F2N3O2S/c24-18-10-6-16(7-11-18)14-28(20-4-2-1-3-5-20)21(29)15-31-23-27-26-22(30-23)17-8-12-19(25)13-9-17/h6-13,20H,1-5,14-15H2. The zero-order chi connectivity index (χ0) is 21.6. The van der Waals surface area contributed by atoms with E-state index in [9.17, 15) is 13.6 Å². The van der Waals surface area contributed by atoms with Crippen LogP contribution < -0.4 is 0 Å². The van der Waals surface area contributed by atoms with Crippen molar-refractivity contribution < 1.29 is 18.0 Å². The van der Waals surface area contributed by atoms with E-state index in [0.29, 0.717) is 12.1 Å². The highest BCUT2D eigenvalue weighted by atomic mass is 32.2. The maximum Gasteiger partial charge on any atom is 0.277 e. The molecule has 0 N–H and O–H groups in total. The summed E-state index contributed by atoms with van der Waals surface area (Å²) in [5, 5.41) is 8.27. The number of thioether (sulfide) groups is 1. The minimum absolute atomic E-state index is 0.0113. The largest absolute Gasteiger partial charge is 0.411 e. The van der Waals surface area contributed by atoms with Gasteiger partial charge in [0.15, 0.2) is 0 Å². The second kappa shape index (κ2) is 10.0. The van der Waals surface area contributed by atoms with E-state index in [1.165, 1.54) is 42.4 Å². The van der Waals surface area contributed by atoms with Crippen LogP contribution in [0.4, 0.5) is 8.78 Å². The fourth-order valence-corrected chi connectivity index (χ4v) is 4.43. The molecule has 1 aliphatic carbocycles. The zero-order valence-electron chi connectivity index (χ0n) is 17.0. The summed E-state index contributed by atoms with van der Waals surface area (Å²) in [6.07, 6.45) is 5.36. The molecule has 0 unspecified atom stereocenters. The SMILES string of the molecule is O=C(CSc1nnc(-c2ccc(F)cc2)o1)N(Cc1ccc(F)cc1)C1CCCCC1. The molecule has 5 nitrogen and oxygen atoms in total. The highest BCUT2D eigenvalue weighted by Gasteiger charge is 2.26. The van der Waals surface area contributed by atoms with Crippen molar-refractivity contribution in [1.82, 2.24) is 15.1 Å². The Balaban J connectivity index is 1.42. The van der Waals surface area contributed by atoms with Gasteiger partial charge in [0.2, 0.25) is 11.8 Å². The smallest absolute Gasteiger partial charge is 0.277 e. The van der Waals surface area contributed by atoms with Crippen LogP contribution in [-0.4, -0.2) is 32.8 Å². The van der Waals surface area contributed by atoms with Crippen LogP contribution in [0.3, 0.4) is 0 Å². The summed E-state index contributed by atoms with van der Waals surface area (Å²) in [5.41, 5.74) is 1.52. The quantitative estimate of drug-likeness (QED) is 0.453. The van der Waals surface area contributed by atoms with Crippen molar-refractivity contribution in [3.05, 3.63) is 65.7 Å². The Labute approximate surface area is 183 Å². The van der Waals surface area contributed by atoms with Gasteiger partial charge in [-0.1, -0.05) is 43.2 Å². The molecule has 8 heteroatoms. The van der Waals surface area contributed by atoms with E-state index in [1.54, 1.807) is 24.3 Å². The van der Waals surface area contributed by atoms with Crippen molar-refractivity contribution in [2.75, 3.05) is 5.75 Å². The van der Waals surface area contributed by atoms with Gasteiger partial charge in [0.05, 0.1) is 5.75 Å². The lowest BCUT2D eigenvalue weighted by Gasteiger charge is -2.34. The third-order valence-corrected chi connectivity index (χ3v) is 6.22. The fraction of sp³-hybridized carbons (Fsp3) is 0.348. The fourth-order valence-electron chi connectivity index (χ4n) is 3.78. The summed E-state index contributed by atoms with van der Waals surface area (Å²) in [7, 11) is 0. The van der Waals surface area contributed by atoms with E-state index in [1.807, 2.05) is 4.90 Å². The van der Waals surface area contributed by atoms with Crippen LogP contribution in [0.5, 0.6) is 0 Å². The molecule has 1 fully saturated rings. The van der Waals surface area contributed by atoms with Gasteiger partial charge in [-0.3, -0.25) is 4.79 Å². The third-order valence-electron chi connectivity index (χ3n) is 5.42. The third kappa shape index (κ3) is 5.70.